The van der Waals surface area contributed by atoms with Crippen molar-refractivity contribution >= 4 is 23.7 Å². The minimum absolute atomic E-state index is 0.0270. The van der Waals surface area contributed by atoms with E-state index in [4.69, 9.17) is 18.9 Å². The van der Waals surface area contributed by atoms with Crippen LogP contribution in [-0.2, 0) is 38.1 Å². The Labute approximate surface area is 166 Å². The van der Waals surface area contributed by atoms with Crippen LogP contribution < -0.4 is 0 Å². The van der Waals surface area contributed by atoms with Crippen molar-refractivity contribution in [3.05, 3.63) is 11.1 Å². The molecule has 2 fully saturated rings. The number of rotatable bonds is 3. The van der Waals surface area contributed by atoms with Gasteiger partial charge in [-0.25, -0.2) is 4.79 Å². The number of aliphatic hydroxyl groups is 2. The van der Waals surface area contributed by atoms with E-state index >= 15 is 0 Å². The number of hydrogen-bond donors (Lipinski definition) is 2. The van der Waals surface area contributed by atoms with Crippen LogP contribution in [0.25, 0.3) is 0 Å². The lowest BCUT2D eigenvalue weighted by atomic mass is 9.79. The van der Waals surface area contributed by atoms with Gasteiger partial charge in [-0.05, 0) is 20.3 Å². The second-order valence-corrected chi connectivity index (χ2v) is 8.08. The molecule has 10 nitrogen and oxygen atoms in total. The number of Topliss-reactive ketones (excluding diaryl/α,β-unsaturated/α-hetero) is 1. The van der Waals surface area contributed by atoms with Crippen LogP contribution in [0.15, 0.2) is 11.1 Å². The number of esters is 3. The van der Waals surface area contributed by atoms with Crippen LogP contribution in [-0.4, -0.2) is 69.7 Å². The van der Waals surface area contributed by atoms with Crippen molar-refractivity contribution in [3.8, 4) is 0 Å². The zero-order valence-corrected chi connectivity index (χ0v) is 16.6. The second kappa shape index (κ2) is 6.89. The summed E-state index contributed by atoms with van der Waals surface area (Å²) in [4.78, 5) is 48.0. The third-order valence-corrected chi connectivity index (χ3v) is 5.43. The van der Waals surface area contributed by atoms with E-state index in [9.17, 15) is 29.4 Å². The molecule has 3 rings (SSSR count). The molecule has 2 heterocycles. The van der Waals surface area contributed by atoms with E-state index in [0.717, 1.165) is 13.8 Å². The first-order valence-electron chi connectivity index (χ1n) is 9.23. The van der Waals surface area contributed by atoms with Crippen molar-refractivity contribution in [2.75, 3.05) is 6.61 Å². The predicted octanol–water partition coefficient (Wildman–Crippen LogP) is -0.315. The number of epoxide rings is 1. The number of ketones is 1. The van der Waals surface area contributed by atoms with E-state index in [0.29, 0.717) is 0 Å². The summed E-state index contributed by atoms with van der Waals surface area (Å²) < 4.78 is 21.3. The van der Waals surface area contributed by atoms with Crippen molar-refractivity contribution < 1.29 is 48.3 Å². The molecule has 0 unspecified atom stereocenters. The smallest absolute Gasteiger partial charge is 0.340 e. The predicted molar refractivity (Wildman–Crippen MR) is 93.0 cm³/mol. The monoisotopic (exact) mass is 412 g/mol. The molecule has 2 aliphatic heterocycles. The topological polar surface area (TPSA) is 149 Å². The van der Waals surface area contributed by atoms with Gasteiger partial charge in [-0.3, -0.25) is 14.4 Å². The van der Waals surface area contributed by atoms with Crippen molar-refractivity contribution in [3.63, 3.8) is 0 Å². The molecule has 1 saturated heterocycles. The van der Waals surface area contributed by atoms with Crippen LogP contribution >= 0.6 is 0 Å². The molecule has 160 valence electrons. The van der Waals surface area contributed by atoms with Gasteiger partial charge in [0.25, 0.3) is 5.79 Å². The van der Waals surface area contributed by atoms with Crippen LogP contribution in [0.2, 0.25) is 0 Å². The summed E-state index contributed by atoms with van der Waals surface area (Å²) in [7, 11) is 0. The molecule has 1 saturated carbocycles. The van der Waals surface area contributed by atoms with E-state index in [1.165, 1.54) is 13.8 Å². The van der Waals surface area contributed by atoms with Gasteiger partial charge in [-0.2, -0.15) is 0 Å². The molecule has 10 heteroatoms. The fourth-order valence-corrected chi connectivity index (χ4v) is 3.91. The summed E-state index contributed by atoms with van der Waals surface area (Å²) in [5.41, 5.74) is -3.58. The first-order chi connectivity index (χ1) is 13.3. The Hall–Kier alpha value is -2.30. The highest BCUT2D eigenvalue weighted by molar-refractivity contribution is 5.95. The van der Waals surface area contributed by atoms with E-state index in [1.54, 1.807) is 0 Å². The van der Waals surface area contributed by atoms with Gasteiger partial charge in [0.1, 0.15) is 18.3 Å². The molecule has 0 radical (unpaired) electrons. The van der Waals surface area contributed by atoms with Gasteiger partial charge in [0.15, 0.2) is 11.9 Å². The Bertz CT molecular complexity index is 808. The lowest BCUT2D eigenvalue weighted by molar-refractivity contribution is -0.154. The second-order valence-electron chi connectivity index (χ2n) is 8.08. The molecule has 2 N–H and O–H groups in total. The molecule has 0 aromatic carbocycles. The van der Waals surface area contributed by atoms with Gasteiger partial charge >= 0.3 is 17.9 Å². The van der Waals surface area contributed by atoms with Gasteiger partial charge in [0.05, 0.1) is 16.7 Å². The summed E-state index contributed by atoms with van der Waals surface area (Å²) in [6.45, 7) is 4.50. The number of carbonyl (C=O) groups excluding carboxylic acids is 4. The average molecular weight is 412 g/mol. The molecule has 1 aliphatic carbocycles. The summed E-state index contributed by atoms with van der Waals surface area (Å²) >= 11 is 0. The Morgan fingerprint density at radius 3 is 2.41 bits per heavy atom. The Morgan fingerprint density at radius 2 is 1.83 bits per heavy atom. The standard InChI is InChI=1S/C19H24O10/c1-9(20)26-8-11-14-12(27-10(2)21)7-18(4,25)13(22)5-6-17(3,24)16-19(14,29-16)28-15(11)23/h12,16,24-25H,5-8H2,1-4H3/t12-,16-,17+,18+,19+/m0/s1. The highest BCUT2D eigenvalue weighted by Crippen LogP contribution is 2.57. The van der Waals surface area contributed by atoms with Crippen LogP contribution in [0.3, 0.4) is 0 Å². The van der Waals surface area contributed by atoms with Gasteiger partial charge in [0, 0.05) is 26.7 Å². The Balaban J connectivity index is 2.14. The van der Waals surface area contributed by atoms with Crippen LogP contribution in [0, 0.1) is 0 Å². The maximum absolute atomic E-state index is 12.5. The Morgan fingerprint density at radius 1 is 1.17 bits per heavy atom. The van der Waals surface area contributed by atoms with Gasteiger partial charge in [-0.1, -0.05) is 0 Å². The molecule has 3 aliphatic rings. The number of hydrogen-bond acceptors (Lipinski definition) is 10. The first-order valence-corrected chi connectivity index (χ1v) is 9.23. The number of carbonyl (C=O) groups is 4. The van der Waals surface area contributed by atoms with Crippen molar-refractivity contribution in [1.29, 1.82) is 0 Å². The van der Waals surface area contributed by atoms with Crippen molar-refractivity contribution in [1.82, 2.24) is 0 Å². The molecule has 0 bridgehead atoms. The van der Waals surface area contributed by atoms with E-state index in [-0.39, 0.29) is 30.4 Å². The molecule has 1 spiro atoms. The first kappa shape index (κ1) is 21.4. The van der Waals surface area contributed by atoms with E-state index in [2.05, 4.69) is 0 Å². The molecule has 29 heavy (non-hydrogen) atoms. The molecule has 0 aromatic rings. The molecule has 5 atom stereocenters. The molecular weight excluding hydrogens is 388 g/mol. The zero-order chi connectivity index (χ0) is 21.8. The quantitative estimate of drug-likeness (QED) is 0.359. The third kappa shape index (κ3) is 3.79. The average Bonchev–Trinajstić information content (AvgIpc) is 3.21. The highest BCUT2D eigenvalue weighted by Gasteiger charge is 2.75. The maximum Gasteiger partial charge on any atom is 0.340 e. The van der Waals surface area contributed by atoms with Gasteiger partial charge in [-0.15, -0.1) is 0 Å². The minimum Gasteiger partial charge on any atom is -0.461 e. The van der Waals surface area contributed by atoms with Crippen LogP contribution in [0.1, 0.15) is 47.0 Å². The normalized spacial score (nSPS) is 39.2. The summed E-state index contributed by atoms with van der Waals surface area (Å²) in [5.74, 6) is -4.52. The summed E-state index contributed by atoms with van der Waals surface area (Å²) in [6.07, 6.45) is -2.85. The summed E-state index contributed by atoms with van der Waals surface area (Å²) in [5, 5.41) is 21.5. The fourth-order valence-electron chi connectivity index (χ4n) is 3.91. The number of ether oxygens (including phenoxy) is 4. The van der Waals surface area contributed by atoms with Gasteiger partial charge in [0.2, 0.25) is 0 Å². The maximum atomic E-state index is 12.5. The molecule has 0 amide bonds. The van der Waals surface area contributed by atoms with E-state index in [1.807, 2.05) is 0 Å². The van der Waals surface area contributed by atoms with Crippen LogP contribution in [0.4, 0.5) is 0 Å². The minimum atomic E-state index is -1.91. The third-order valence-electron chi connectivity index (χ3n) is 5.43. The highest BCUT2D eigenvalue weighted by atomic mass is 16.8. The lowest BCUT2D eigenvalue weighted by Crippen LogP contribution is -2.47. The van der Waals surface area contributed by atoms with Crippen molar-refractivity contribution in [2.24, 2.45) is 0 Å². The van der Waals surface area contributed by atoms with E-state index < -0.39 is 59.5 Å². The molecule has 0 aromatic heterocycles. The largest absolute Gasteiger partial charge is 0.461 e. The van der Waals surface area contributed by atoms with Crippen LogP contribution in [0.5, 0.6) is 0 Å². The fraction of sp³-hybridized carbons (Fsp3) is 0.684. The van der Waals surface area contributed by atoms with Gasteiger partial charge < -0.3 is 29.2 Å². The summed E-state index contributed by atoms with van der Waals surface area (Å²) in [6, 6.07) is 0. The zero-order valence-electron chi connectivity index (χ0n) is 16.6. The Kier molecular flexibility index (Phi) is 5.09. The lowest BCUT2D eigenvalue weighted by Gasteiger charge is -2.32. The van der Waals surface area contributed by atoms with Crippen molar-refractivity contribution in [2.45, 2.75) is 76.2 Å². The SMILES string of the molecule is CC(=O)OCC1=C2[C@@H](OC(C)=O)C[C@@](C)(O)C(=O)CC[C@@](C)(O)[C@@H]3O[C@]23OC1=O. The molecular formula is C19H24O10.